The number of oxime groups is 1. The summed E-state index contributed by atoms with van der Waals surface area (Å²) in [6.07, 6.45) is 0.390. The molecule has 3 heterocycles. The Morgan fingerprint density at radius 3 is 2.54 bits per heavy atom. The molecule has 17 heteroatoms. The highest BCUT2D eigenvalue weighted by Gasteiger charge is 2.52. The van der Waals surface area contributed by atoms with Crippen molar-refractivity contribution in [3.05, 3.63) is 11.1 Å². The number of β-lactam (4-membered cyclic amide) rings is 1. The predicted octanol–water partition coefficient (Wildman–Crippen LogP) is -1.75. The van der Waals surface area contributed by atoms with E-state index in [0.717, 1.165) is 28.2 Å². The van der Waals surface area contributed by atoms with Crippen molar-refractivity contribution < 1.29 is 39.0 Å². The fourth-order valence-electron chi connectivity index (χ4n) is 3.01. The number of aliphatic carboxylic acids is 2. The van der Waals surface area contributed by atoms with Crippen molar-refractivity contribution in [3.63, 3.8) is 0 Å². The second-order valence-corrected chi connectivity index (χ2v) is 10.1. The number of carboxylic acids is 2. The highest BCUT2D eigenvalue weighted by molar-refractivity contribution is 7.98. The number of thiazole rings is 1. The Balaban J connectivity index is 1.83. The molecule has 3 rings (SSSR count). The molecule has 2 saturated heterocycles. The smallest absolute Gasteiger partial charge is 0.350 e. The number of aromatic nitrogens is 1. The Labute approximate surface area is 206 Å². The first-order chi connectivity index (χ1) is 16.3. The number of nitrogens with one attached hydrogen (secondary N) is 1. The van der Waals surface area contributed by atoms with Crippen LogP contribution >= 0.6 is 23.3 Å². The average Bonchev–Trinajstić information content (AvgIpc) is 3.34. The van der Waals surface area contributed by atoms with Crippen LogP contribution in [-0.4, -0.2) is 95.9 Å². The Hall–Kier alpha value is -3.44. The van der Waals surface area contributed by atoms with Gasteiger partial charge in [0.05, 0.1) is 6.04 Å². The van der Waals surface area contributed by atoms with Gasteiger partial charge in [-0.15, -0.1) is 11.3 Å². The van der Waals surface area contributed by atoms with Crippen LogP contribution in [0.25, 0.3) is 0 Å². The zero-order chi connectivity index (χ0) is 26.1. The molecular weight excluding hydrogens is 506 g/mol. The van der Waals surface area contributed by atoms with Gasteiger partial charge in [0.15, 0.2) is 10.8 Å². The number of nitrogen functional groups attached to an aromatic ring is 1. The molecule has 7 N–H and O–H groups in total. The van der Waals surface area contributed by atoms with Crippen LogP contribution in [0.3, 0.4) is 0 Å². The number of likely N-dealkylation sites (tertiary alicyclic amines) is 1. The fraction of sp³-hybridized carbons (Fsp3) is 0.500. The first-order valence-corrected chi connectivity index (χ1v) is 11.8. The first-order valence-electron chi connectivity index (χ1n) is 10.1. The molecule has 35 heavy (non-hydrogen) atoms. The number of carboxylic acid groups (broad SMARTS) is 2. The molecule has 3 atom stereocenters. The van der Waals surface area contributed by atoms with E-state index in [2.05, 4.69) is 15.5 Å². The summed E-state index contributed by atoms with van der Waals surface area (Å²) < 4.78 is 1.32. The Morgan fingerprint density at radius 1 is 1.34 bits per heavy atom. The standard InChI is InChI=1S/C18H23N7O8S2/c1-18(2,16(31)32)33-23-10(8-6-34-17(20)21-8)12(28)22-11-14(30)24(5-9(26)27)15(11)35-25-4-3-7(19)13(25)29/h6-7,11,15H,3-5,19H2,1-2H3,(H2,20,21)(H,22,28)(H,26,27)(H,31,32)/b23-10-/t7-,11+,15+/m0/s1. The zero-order valence-corrected chi connectivity index (χ0v) is 20.2. The van der Waals surface area contributed by atoms with Crippen molar-refractivity contribution in [2.45, 2.75) is 43.3 Å². The summed E-state index contributed by atoms with van der Waals surface area (Å²) in [5, 5.41) is 25.1. The van der Waals surface area contributed by atoms with Gasteiger partial charge in [0.2, 0.25) is 17.4 Å². The van der Waals surface area contributed by atoms with E-state index in [1.807, 2.05) is 0 Å². The van der Waals surface area contributed by atoms with Crippen molar-refractivity contribution in [2.24, 2.45) is 10.9 Å². The van der Waals surface area contributed by atoms with Crippen LogP contribution in [0.2, 0.25) is 0 Å². The van der Waals surface area contributed by atoms with Crippen LogP contribution in [-0.2, 0) is 28.8 Å². The Bertz CT molecular complexity index is 1090. The van der Waals surface area contributed by atoms with Crippen molar-refractivity contribution in [1.29, 1.82) is 0 Å². The van der Waals surface area contributed by atoms with Gasteiger partial charge in [-0.2, -0.15) is 0 Å². The molecular formula is C18H23N7O8S2. The number of carbonyl (C=O) groups excluding carboxylic acids is 3. The van der Waals surface area contributed by atoms with Gasteiger partial charge in [-0.25, -0.2) is 9.78 Å². The van der Waals surface area contributed by atoms with Gasteiger partial charge >= 0.3 is 11.9 Å². The van der Waals surface area contributed by atoms with Crippen LogP contribution in [0.5, 0.6) is 0 Å². The summed E-state index contributed by atoms with van der Waals surface area (Å²) in [7, 11) is 0. The molecule has 0 saturated carbocycles. The lowest BCUT2D eigenvalue weighted by Gasteiger charge is -2.46. The van der Waals surface area contributed by atoms with E-state index in [9.17, 15) is 29.1 Å². The van der Waals surface area contributed by atoms with Gasteiger partial charge in [-0.3, -0.25) is 23.5 Å². The number of rotatable bonds is 10. The molecule has 0 aliphatic carbocycles. The van der Waals surface area contributed by atoms with E-state index < -0.39 is 59.1 Å². The van der Waals surface area contributed by atoms with Gasteiger partial charge in [0.1, 0.15) is 23.7 Å². The monoisotopic (exact) mass is 529 g/mol. The number of amides is 3. The highest BCUT2D eigenvalue weighted by atomic mass is 32.2. The predicted molar refractivity (Wildman–Crippen MR) is 123 cm³/mol. The SMILES string of the molecule is CC(C)(O/N=C(\C(=O)N[C@@H]1C(=O)N(CC(=O)O)[C@@H]1SN1CC[C@H](N)C1=O)c1csc(N)n1)C(=O)O. The number of nitrogens with zero attached hydrogens (tertiary/aromatic N) is 4. The van der Waals surface area contributed by atoms with Crippen molar-refractivity contribution in [3.8, 4) is 0 Å². The van der Waals surface area contributed by atoms with Gasteiger partial charge in [-0.05, 0) is 32.2 Å². The van der Waals surface area contributed by atoms with E-state index in [1.54, 1.807) is 0 Å². The van der Waals surface area contributed by atoms with E-state index in [4.69, 9.17) is 21.4 Å². The first kappa shape index (κ1) is 26.2. The quantitative estimate of drug-likeness (QED) is 0.0983. The molecule has 0 bridgehead atoms. The highest BCUT2D eigenvalue weighted by Crippen LogP contribution is 2.34. The minimum absolute atomic E-state index is 0.0229. The van der Waals surface area contributed by atoms with Crippen LogP contribution in [0.1, 0.15) is 26.0 Å². The molecule has 1 aromatic rings. The molecule has 0 spiro atoms. The van der Waals surface area contributed by atoms with Crippen molar-refractivity contribution >= 4 is 63.8 Å². The lowest BCUT2D eigenvalue weighted by Crippen LogP contribution is -2.71. The lowest BCUT2D eigenvalue weighted by atomic mass is 10.1. The molecule has 1 aromatic heterocycles. The second kappa shape index (κ2) is 10.0. The number of anilines is 1. The average molecular weight is 530 g/mol. The third kappa shape index (κ3) is 5.63. The van der Waals surface area contributed by atoms with E-state index >= 15 is 0 Å². The number of carbonyl (C=O) groups is 5. The number of hydrogen-bond donors (Lipinski definition) is 5. The van der Waals surface area contributed by atoms with Gasteiger partial charge in [0, 0.05) is 11.9 Å². The molecule has 2 aliphatic rings. The number of nitrogens with two attached hydrogens (primary N) is 2. The minimum atomic E-state index is -1.79. The summed E-state index contributed by atoms with van der Waals surface area (Å²) in [6.45, 7) is 2.08. The van der Waals surface area contributed by atoms with Crippen LogP contribution in [0, 0.1) is 0 Å². The number of hydrogen-bond acceptors (Lipinski definition) is 12. The maximum Gasteiger partial charge on any atom is 0.350 e. The maximum atomic E-state index is 13.1. The summed E-state index contributed by atoms with van der Waals surface area (Å²) in [4.78, 5) is 70.5. The molecule has 0 unspecified atom stereocenters. The molecule has 0 aromatic carbocycles. The van der Waals surface area contributed by atoms with E-state index in [-0.39, 0.29) is 16.7 Å². The third-order valence-corrected chi connectivity index (χ3v) is 7.07. The normalized spacial score (nSPS) is 22.7. The van der Waals surface area contributed by atoms with Crippen LogP contribution in [0.15, 0.2) is 10.5 Å². The zero-order valence-electron chi connectivity index (χ0n) is 18.5. The summed E-state index contributed by atoms with van der Waals surface area (Å²) in [5.41, 5.74) is 9.09. The lowest BCUT2D eigenvalue weighted by molar-refractivity contribution is -0.161. The van der Waals surface area contributed by atoms with Crippen molar-refractivity contribution in [1.82, 2.24) is 19.5 Å². The Kier molecular flexibility index (Phi) is 7.51. The molecule has 3 amide bonds. The topological polar surface area (TPSA) is 231 Å². The molecule has 190 valence electrons. The van der Waals surface area contributed by atoms with Gasteiger partial charge < -0.3 is 36.7 Å². The largest absolute Gasteiger partial charge is 0.480 e. The molecule has 15 nitrogen and oxygen atoms in total. The molecule has 0 radical (unpaired) electrons. The van der Waals surface area contributed by atoms with Crippen molar-refractivity contribution in [2.75, 3.05) is 18.8 Å². The summed E-state index contributed by atoms with van der Waals surface area (Å²) >= 11 is 1.88. The van der Waals surface area contributed by atoms with E-state index in [0.29, 0.717) is 13.0 Å². The summed E-state index contributed by atoms with van der Waals surface area (Å²) in [6, 6.07) is -1.92. The van der Waals surface area contributed by atoms with Crippen LogP contribution in [0.4, 0.5) is 5.13 Å². The maximum absolute atomic E-state index is 13.1. The second-order valence-electron chi connectivity index (χ2n) is 8.06. The minimum Gasteiger partial charge on any atom is -0.480 e. The third-order valence-electron chi connectivity index (χ3n) is 5.03. The van der Waals surface area contributed by atoms with E-state index in [1.165, 1.54) is 23.5 Å². The summed E-state index contributed by atoms with van der Waals surface area (Å²) in [5.74, 6) is -4.64. The fourth-order valence-corrected chi connectivity index (χ4v) is 4.86. The Morgan fingerprint density at radius 2 is 2.03 bits per heavy atom. The molecule has 2 aliphatic heterocycles. The molecule has 2 fully saturated rings. The van der Waals surface area contributed by atoms with Gasteiger partial charge in [0.25, 0.3) is 5.91 Å². The van der Waals surface area contributed by atoms with Gasteiger partial charge in [-0.1, -0.05) is 5.16 Å². The van der Waals surface area contributed by atoms with Crippen LogP contribution < -0.4 is 16.8 Å².